The topological polar surface area (TPSA) is 90.2 Å². The van der Waals surface area contributed by atoms with Crippen LogP contribution in [0.15, 0.2) is 35.5 Å². The summed E-state index contributed by atoms with van der Waals surface area (Å²) in [4.78, 5) is 25.1. The summed E-state index contributed by atoms with van der Waals surface area (Å²) in [6.45, 7) is 0. The largest absolute Gasteiger partial charge is 0.504 e. The molecule has 1 heterocycles. The average Bonchev–Trinajstić information content (AvgIpc) is 2.83. The number of carbonyl (C=O) groups is 2. The monoisotopic (exact) mass is 312 g/mol. The molecule has 0 unspecified atom stereocenters. The average molecular weight is 312 g/mol. The van der Waals surface area contributed by atoms with Gasteiger partial charge in [-0.05, 0) is 48.4 Å². The van der Waals surface area contributed by atoms with E-state index in [2.05, 4.69) is 17.3 Å². The molecule has 2 bridgehead atoms. The van der Waals surface area contributed by atoms with Gasteiger partial charge in [0.1, 0.15) is 0 Å². The molecule has 2 N–H and O–H groups in total. The molecule has 4 atom stereocenters. The first-order chi connectivity index (χ1) is 11.1. The number of hydrazone groups is 1. The highest BCUT2D eigenvalue weighted by atomic mass is 16.3. The molecule has 5 rings (SSSR count). The number of rotatable bonds is 2. The molecular weight excluding hydrogens is 296 g/mol. The Kier molecular flexibility index (Phi) is 3.01. The van der Waals surface area contributed by atoms with Crippen LogP contribution in [-0.4, -0.2) is 33.3 Å². The van der Waals surface area contributed by atoms with Crippen LogP contribution in [0.5, 0.6) is 11.5 Å². The van der Waals surface area contributed by atoms with Crippen molar-refractivity contribution in [3.8, 4) is 11.5 Å². The highest BCUT2D eigenvalue weighted by Gasteiger charge is 2.56. The molecule has 23 heavy (non-hydrogen) atoms. The third-order valence-corrected chi connectivity index (χ3v) is 5.06. The first kappa shape index (κ1) is 14.0. The molecule has 6 heteroatoms. The Labute approximate surface area is 132 Å². The summed E-state index contributed by atoms with van der Waals surface area (Å²) in [5.41, 5.74) is 0.497. The zero-order chi connectivity index (χ0) is 16.1. The molecule has 118 valence electrons. The number of benzene rings is 1. The Bertz CT molecular complexity index is 723. The Balaban J connectivity index is 1.60. The van der Waals surface area contributed by atoms with Crippen LogP contribution in [0.4, 0.5) is 0 Å². The predicted molar refractivity (Wildman–Crippen MR) is 81.6 cm³/mol. The minimum absolute atomic E-state index is 0.138. The molecule has 1 aromatic carbocycles. The van der Waals surface area contributed by atoms with Crippen LogP contribution in [-0.2, 0) is 9.59 Å². The van der Waals surface area contributed by atoms with E-state index in [4.69, 9.17) is 0 Å². The van der Waals surface area contributed by atoms with E-state index in [-0.39, 0.29) is 47.0 Å². The van der Waals surface area contributed by atoms with Crippen molar-refractivity contribution in [1.82, 2.24) is 5.01 Å². The molecular formula is C17H16N2O4. The number of phenols is 2. The summed E-state index contributed by atoms with van der Waals surface area (Å²) in [6, 6.07) is 4.19. The minimum Gasteiger partial charge on any atom is -0.504 e. The first-order valence-electron chi connectivity index (χ1n) is 7.68. The van der Waals surface area contributed by atoms with E-state index in [0.717, 1.165) is 17.9 Å². The molecule has 3 aliphatic carbocycles. The zero-order valence-electron chi connectivity index (χ0n) is 12.3. The Hall–Kier alpha value is -2.63. The molecule has 1 aliphatic heterocycles. The van der Waals surface area contributed by atoms with E-state index in [1.54, 1.807) is 6.07 Å². The fourth-order valence-corrected chi connectivity index (χ4v) is 3.92. The highest BCUT2D eigenvalue weighted by Crippen LogP contribution is 2.49. The normalized spacial score (nSPS) is 32.1. The summed E-state index contributed by atoms with van der Waals surface area (Å²) < 4.78 is 0. The molecule has 1 saturated carbocycles. The van der Waals surface area contributed by atoms with E-state index < -0.39 is 0 Å². The van der Waals surface area contributed by atoms with Gasteiger partial charge in [0.2, 0.25) is 0 Å². The van der Waals surface area contributed by atoms with Gasteiger partial charge in [-0.15, -0.1) is 0 Å². The molecule has 0 spiro atoms. The lowest BCUT2D eigenvalue weighted by Crippen LogP contribution is -2.38. The summed E-state index contributed by atoms with van der Waals surface area (Å²) in [6.07, 6.45) is 7.37. The molecule has 1 saturated heterocycles. The van der Waals surface area contributed by atoms with Gasteiger partial charge >= 0.3 is 0 Å². The smallest absolute Gasteiger partial charge is 0.254 e. The van der Waals surface area contributed by atoms with E-state index in [0.29, 0.717) is 5.56 Å². The van der Waals surface area contributed by atoms with Crippen molar-refractivity contribution in [2.75, 3.05) is 0 Å². The van der Waals surface area contributed by atoms with Crippen LogP contribution in [0.3, 0.4) is 0 Å². The lowest BCUT2D eigenvalue weighted by molar-refractivity contribution is -0.140. The quantitative estimate of drug-likeness (QED) is 0.376. The second kappa shape index (κ2) is 4.94. The van der Waals surface area contributed by atoms with Gasteiger partial charge in [-0.2, -0.15) is 10.1 Å². The first-order valence-corrected chi connectivity index (χ1v) is 7.68. The maximum atomic E-state index is 12.6. The maximum Gasteiger partial charge on any atom is 0.254 e. The van der Waals surface area contributed by atoms with E-state index in [1.807, 2.05) is 0 Å². The van der Waals surface area contributed by atoms with Gasteiger partial charge in [0.15, 0.2) is 11.5 Å². The molecule has 6 nitrogen and oxygen atoms in total. The van der Waals surface area contributed by atoms with Gasteiger partial charge in [-0.25, -0.2) is 0 Å². The summed E-state index contributed by atoms with van der Waals surface area (Å²) >= 11 is 0. The van der Waals surface area contributed by atoms with Crippen molar-refractivity contribution in [1.29, 1.82) is 0 Å². The van der Waals surface area contributed by atoms with E-state index in [1.165, 1.54) is 18.3 Å². The van der Waals surface area contributed by atoms with Crippen molar-refractivity contribution in [2.24, 2.45) is 28.8 Å². The number of amides is 2. The number of imide groups is 1. The fourth-order valence-electron chi connectivity index (χ4n) is 3.92. The van der Waals surface area contributed by atoms with E-state index in [9.17, 15) is 19.8 Å². The minimum atomic E-state index is -0.281. The molecule has 2 amide bonds. The van der Waals surface area contributed by atoms with Gasteiger partial charge in [0, 0.05) is 0 Å². The van der Waals surface area contributed by atoms with Gasteiger partial charge < -0.3 is 10.2 Å². The number of aromatic hydroxyl groups is 2. The number of hydrogen-bond acceptors (Lipinski definition) is 5. The van der Waals surface area contributed by atoms with Crippen LogP contribution < -0.4 is 0 Å². The summed E-state index contributed by atoms with van der Waals surface area (Å²) in [7, 11) is 0. The highest BCUT2D eigenvalue weighted by molar-refractivity contribution is 6.06. The second-order valence-electron chi connectivity index (χ2n) is 6.32. The van der Waals surface area contributed by atoms with Crippen LogP contribution >= 0.6 is 0 Å². The lowest BCUT2D eigenvalue weighted by Gasteiger charge is -2.37. The second-order valence-corrected chi connectivity index (χ2v) is 6.32. The number of fused-ring (bicyclic) bond motifs is 1. The summed E-state index contributed by atoms with van der Waals surface area (Å²) in [5, 5.41) is 23.8. The van der Waals surface area contributed by atoms with Gasteiger partial charge in [0.05, 0.1) is 18.1 Å². The Morgan fingerprint density at radius 1 is 1.00 bits per heavy atom. The SMILES string of the molecule is O=C1[C@@H]2[C@H](C(=O)N1/N=C\c1ccc(O)c(O)c1)[C@@H]1C=C[C@@H]2CC1. The molecule has 1 aromatic rings. The fraction of sp³-hybridized carbons (Fsp3) is 0.353. The summed E-state index contributed by atoms with van der Waals surface area (Å²) in [5.74, 6) is -1.27. The van der Waals surface area contributed by atoms with E-state index >= 15 is 0 Å². The standard InChI is InChI=1S/C17H16N2O4/c20-12-6-1-9(7-13(12)21)8-18-19-16(22)14-10-2-3-11(5-4-10)15(14)17(19)23/h1-3,6-8,10-11,14-15,20-21H,4-5H2/b18-8-/t10-,11-,14-,15+/m1/s1. The number of nitrogens with zero attached hydrogens (tertiary/aromatic N) is 2. The number of carbonyl (C=O) groups excluding carboxylic acids is 2. The van der Waals surface area contributed by atoms with Gasteiger partial charge in [-0.1, -0.05) is 12.2 Å². The van der Waals surface area contributed by atoms with Gasteiger partial charge in [-0.3, -0.25) is 9.59 Å². The Morgan fingerprint density at radius 2 is 1.61 bits per heavy atom. The van der Waals surface area contributed by atoms with Crippen LogP contribution in [0, 0.1) is 23.7 Å². The third kappa shape index (κ3) is 2.05. The zero-order valence-corrected chi connectivity index (χ0v) is 12.3. The molecule has 0 aromatic heterocycles. The van der Waals surface area contributed by atoms with Crippen molar-refractivity contribution < 1.29 is 19.8 Å². The number of hydrogen-bond donors (Lipinski definition) is 2. The van der Waals surface area contributed by atoms with Crippen molar-refractivity contribution >= 4 is 18.0 Å². The van der Waals surface area contributed by atoms with Crippen molar-refractivity contribution in [3.05, 3.63) is 35.9 Å². The van der Waals surface area contributed by atoms with Crippen LogP contribution in [0.1, 0.15) is 18.4 Å². The maximum absolute atomic E-state index is 12.6. The third-order valence-electron chi connectivity index (χ3n) is 5.06. The lowest BCUT2D eigenvalue weighted by atomic mass is 9.63. The van der Waals surface area contributed by atoms with Crippen LogP contribution in [0.25, 0.3) is 0 Å². The number of phenolic OH excluding ortho intramolecular Hbond substituents is 2. The molecule has 2 fully saturated rings. The van der Waals surface area contributed by atoms with Gasteiger partial charge in [0.25, 0.3) is 11.8 Å². The predicted octanol–water partition coefficient (Wildman–Crippen LogP) is 1.63. The van der Waals surface area contributed by atoms with Crippen molar-refractivity contribution in [2.45, 2.75) is 12.8 Å². The number of allylic oxidation sites excluding steroid dienone is 2. The Morgan fingerprint density at radius 3 is 2.13 bits per heavy atom. The molecule has 4 aliphatic rings. The van der Waals surface area contributed by atoms with Crippen molar-refractivity contribution in [3.63, 3.8) is 0 Å². The molecule has 0 radical (unpaired) electrons. The van der Waals surface area contributed by atoms with Crippen LogP contribution in [0.2, 0.25) is 0 Å².